The lowest BCUT2D eigenvalue weighted by Gasteiger charge is -2.50. The number of likely N-dealkylation sites (tertiary alicyclic amines) is 1. The van der Waals surface area contributed by atoms with Gasteiger partial charge in [-0.05, 0) is 47.4 Å². The lowest BCUT2D eigenvalue weighted by atomic mass is 9.82. The second kappa shape index (κ2) is 11.7. The first-order valence-corrected chi connectivity index (χ1v) is 13.9. The van der Waals surface area contributed by atoms with Crippen molar-refractivity contribution in [2.45, 2.75) is 65.2 Å². The second-order valence-electron chi connectivity index (χ2n) is 12.1. The molecule has 0 saturated carbocycles. The van der Waals surface area contributed by atoms with Crippen LogP contribution in [0, 0.1) is 11.3 Å². The Morgan fingerprint density at radius 1 is 0.872 bits per heavy atom. The Morgan fingerprint density at radius 2 is 1.46 bits per heavy atom. The zero-order valence-corrected chi connectivity index (χ0v) is 23.4. The van der Waals surface area contributed by atoms with Crippen LogP contribution >= 0.6 is 0 Å². The third-order valence-corrected chi connectivity index (χ3v) is 8.29. The van der Waals surface area contributed by atoms with E-state index in [2.05, 4.69) is 25.7 Å². The quantitative estimate of drug-likeness (QED) is 0.465. The number of amides is 2. The summed E-state index contributed by atoms with van der Waals surface area (Å²) in [5, 5.41) is 0. The van der Waals surface area contributed by atoms with Crippen molar-refractivity contribution in [2.75, 3.05) is 32.7 Å². The number of alkyl halides is 3. The SMILES string of the molecule is CC(=O)N1CCC(CC(=O)N2CCN(C(c3ccccc3)c3ccc(C(F)(F)F)cc3)CC2C(C)(C)C)CC1. The summed E-state index contributed by atoms with van der Waals surface area (Å²) in [6.45, 7) is 11.2. The fourth-order valence-corrected chi connectivity index (χ4v) is 6.00. The molecule has 0 radical (unpaired) electrons. The molecule has 0 aliphatic carbocycles. The average molecular weight is 544 g/mol. The first-order valence-electron chi connectivity index (χ1n) is 13.9. The van der Waals surface area contributed by atoms with Gasteiger partial charge in [-0.3, -0.25) is 14.5 Å². The normalized spacial score (nSPS) is 20.6. The van der Waals surface area contributed by atoms with Gasteiger partial charge in [-0.1, -0.05) is 63.2 Å². The van der Waals surface area contributed by atoms with Crippen molar-refractivity contribution in [2.24, 2.45) is 11.3 Å². The van der Waals surface area contributed by atoms with E-state index in [9.17, 15) is 22.8 Å². The first-order chi connectivity index (χ1) is 18.3. The van der Waals surface area contributed by atoms with Gasteiger partial charge in [0.25, 0.3) is 0 Å². The van der Waals surface area contributed by atoms with E-state index in [-0.39, 0.29) is 35.2 Å². The van der Waals surface area contributed by atoms with Crippen molar-refractivity contribution >= 4 is 11.8 Å². The van der Waals surface area contributed by atoms with E-state index in [1.54, 1.807) is 19.1 Å². The molecule has 4 rings (SSSR count). The van der Waals surface area contributed by atoms with E-state index in [0.717, 1.165) is 36.1 Å². The number of carbonyl (C=O) groups excluding carboxylic acids is 2. The molecule has 5 nitrogen and oxygen atoms in total. The van der Waals surface area contributed by atoms with Crippen LogP contribution in [0.2, 0.25) is 0 Å². The summed E-state index contributed by atoms with van der Waals surface area (Å²) >= 11 is 0. The largest absolute Gasteiger partial charge is 0.416 e. The Bertz CT molecular complexity index is 1120. The van der Waals surface area contributed by atoms with Crippen LogP contribution in [0.4, 0.5) is 13.2 Å². The molecule has 0 aromatic heterocycles. The summed E-state index contributed by atoms with van der Waals surface area (Å²) in [4.78, 5) is 31.5. The first kappa shape index (κ1) is 29.1. The minimum absolute atomic E-state index is 0.0447. The lowest BCUT2D eigenvalue weighted by Crippen LogP contribution is -2.60. The molecule has 2 saturated heterocycles. The molecule has 2 aromatic carbocycles. The maximum absolute atomic E-state index is 13.6. The molecular formula is C31H40F3N3O2. The van der Waals surface area contributed by atoms with Gasteiger partial charge >= 0.3 is 6.18 Å². The number of rotatable bonds is 5. The smallest absolute Gasteiger partial charge is 0.343 e. The van der Waals surface area contributed by atoms with Crippen molar-refractivity contribution in [1.82, 2.24) is 14.7 Å². The molecule has 2 fully saturated rings. The van der Waals surface area contributed by atoms with Crippen molar-refractivity contribution in [3.05, 3.63) is 71.3 Å². The molecule has 2 aromatic rings. The zero-order chi connectivity index (χ0) is 28.4. The second-order valence-corrected chi connectivity index (χ2v) is 12.1. The number of hydrogen-bond acceptors (Lipinski definition) is 3. The number of piperidine rings is 1. The lowest BCUT2D eigenvalue weighted by molar-refractivity contribution is -0.141. The van der Waals surface area contributed by atoms with Gasteiger partial charge in [0.2, 0.25) is 11.8 Å². The Labute approximate surface area is 230 Å². The van der Waals surface area contributed by atoms with E-state index in [4.69, 9.17) is 0 Å². The van der Waals surface area contributed by atoms with Crippen molar-refractivity contribution in [1.29, 1.82) is 0 Å². The number of benzene rings is 2. The average Bonchev–Trinajstić information content (AvgIpc) is 2.89. The predicted octanol–water partition coefficient (Wildman–Crippen LogP) is 6.00. The van der Waals surface area contributed by atoms with Crippen molar-refractivity contribution in [3.8, 4) is 0 Å². The molecule has 0 N–H and O–H groups in total. The molecule has 0 spiro atoms. The van der Waals surface area contributed by atoms with E-state index in [1.807, 2.05) is 40.1 Å². The van der Waals surface area contributed by atoms with Gasteiger partial charge in [0.05, 0.1) is 11.6 Å². The number of hydrogen-bond donors (Lipinski definition) is 0. The van der Waals surface area contributed by atoms with Crippen LogP contribution in [-0.4, -0.2) is 65.3 Å². The highest BCUT2D eigenvalue weighted by Crippen LogP contribution is 2.37. The van der Waals surface area contributed by atoms with Crippen LogP contribution in [-0.2, 0) is 15.8 Å². The zero-order valence-electron chi connectivity index (χ0n) is 23.4. The van der Waals surface area contributed by atoms with Gasteiger partial charge in [0, 0.05) is 52.1 Å². The molecule has 0 bridgehead atoms. The number of carbonyl (C=O) groups is 2. The number of nitrogens with zero attached hydrogens (tertiary/aromatic N) is 3. The highest BCUT2D eigenvalue weighted by atomic mass is 19.4. The Morgan fingerprint density at radius 3 is 2.00 bits per heavy atom. The van der Waals surface area contributed by atoms with Crippen LogP contribution in [0.25, 0.3) is 0 Å². The molecular weight excluding hydrogens is 503 g/mol. The molecule has 2 unspecified atom stereocenters. The topological polar surface area (TPSA) is 43.9 Å². The molecule has 2 atom stereocenters. The molecule has 2 heterocycles. The van der Waals surface area contributed by atoms with Crippen molar-refractivity contribution < 1.29 is 22.8 Å². The summed E-state index contributed by atoms with van der Waals surface area (Å²) in [5.41, 5.74) is 0.976. The van der Waals surface area contributed by atoms with Crippen molar-refractivity contribution in [3.63, 3.8) is 0 Å². The monoisotopic (exact) mass is 543 g/mol. The van der Waals surface area contributed by atoms with Gasteiger partial charge in [-0.25, -0.2) is 0 Å². The standard InChI is InChI=1S/C31H40F3N3O2/c1-22(38)35-16-14-23(15-17-35)20-28(39)37-19-18-36(21-27(37)30(2,3)4)29(24-8-6-5-7-9-24)25-10-12-26(13-11-25)31(32,33)34/h5-13,23,27,29H,14-21H2,1-4H3. The highest BCUT2D eigenvalue weighted by Gasteiger charge is 2.41. The Balaban J connectivity index is 1.54. The van der Waals surface area contributed by atoms with Crippen LogP contribution in [0.5, 0.6) is 0 Å². The van der Waals surface area contributed by atoms with E-state index in [1.165, 1.54) is 0 Å². The minimum atomic E-state index is -4.38. The van der Waals surface area contributed by atoms with E-state index in [0.29, 0.717) is 39.1 Å². The van der Waals surface area contributed by atoms with Crippen LogP contribution < -0.4 is 0 Å². The van der Waals surface area contributed by atoms with Crippen LogP contribution in [0.3, 0.4) is 0 Å². The number of halogens is 3. The van der Waals surface area contributed by atoms with E-state index < -0.39 is 11.7 Å². The van der Waals surface area contributed by atoms with Gasteiger partial charge < -0.3 is 9.80 Å². The van der Waals surface area contributed by atoms with Gasteiger partial charge in [-0.2, -0.15) is 13.2 Å². The fourth-order valence-electron chi connectivity index (χ4n) is 6.00. The third kappa shape index (κ3) is 7.02. The predicted molar refractivity (Wildman–Crippen MR) is 146 cm³/mol. The summed E-state index contributed by atoms with van der Waals surface area (Å²) in [7, 11) is 0. The Kier molecular flexibility index (Phi) is 8.74. The number of piperazine rings is 1. The summed E-state index contributed by atoms with van der Waals surface area (Å²) in [6, 6.07) is 15.1. The summed E-state index contributed by atoms with van der Waals surface area (Å²) < 4.78 is 39.8. The fraction of sp³-hybridized carbons (Fsp3) is 0.548. The highest BCUT2D eigenvalue weighted by molar-refractivity contribution is 5.77. The Hall–Kier alpha value is -2.87. The van der Waals surface area contributed by atoms with Crippen LogP contribution in [0.1, 0.15) is 69.7 Å². The van der Waals surface area contributed by atoms with Gasteiger partial charge in [0.1, 0.15) is 0 Å². The maximum atomic E-state index is 13.6. The molecule has 39 heavy (non-hydrogen) atoms. The van der Waals surface area contributed by atoms with Crippen LogP contribution in [0.15, 0.2) is 54.6 Å². The summed E-state index contributed by atoms with van der Waals surface area (Å²) in [6.07, 6.45) is -2.21. The summed E-state index contributed by atoms with van der Waals surface area (Å²) in [5.74, 6) is 0.516. The molecule has 2 aliphatic heterocycles. The molecule has 212 valence electrons. The molecule has 2 amide bonds. The molecule has 2 aliphatic rings. The third-order valence-electron chi connectivity index (χ3n) is 8.29. The van der Waals surface area contributed by atoms with Gasteiger partial charge in [-0.15, -0.1) is 0 Å². The molecule has 8 heteroatoms. The maximum Gasteiger partial charge on any atom is 0.416 e. The minimum Gasteiger partial charge on any atom is -0.343 e. The van der Waals surface area contributed by atoms with Gasteiger partial charge in [0.15, 0.2) is 0 Å². The van der Waals surface area contributed by atoms with E-state index >= 15 is 0 Å².